The Labute approximate surface area is 145 Å². The Balaban J connectivity index is 2.32. The molecule has 0 aliphatic heterocycles. The van der Waals surface area contributed by atoms with Gasteiger partial charge in [0.25, 0.3) is 0 Å². The molecule has 11 heteroatoms. The molecule has 140 valence electrons. The van der Waals surface area contributed by atoms with E-state index in [0.29, 0.717) is 23.3 Å². The quantitative estimate of drug-likeness (QED) is 0.365. The van der Waals surface area contributed by atoms with Crippen LogP contribution in [0.25, 0.3) is 11.0 Å². The third kappa shape index (κ3) is 4.68. The molecule has 0 aliphatic carbocycles. The standard InChI is InChI=1S/C14H24N5O5P/c1-3-18(2)12-6-11-13(15)16-8-17-14(11)19(12)10(7-20)4-5-24-9-25(21,22)23/h6,8,10,20H,3-5,7,9H2,1-2H3,(H2,15,16,17)(H2,21,22,23). The van der Waals surface area contributed by atoms with Gasteiger partial charge in [0.05, 0.1) is 18.0 Å². The van der Waals surface area contributed by atoms with E-state index in [1.807, 2.05) is 29.5 Å². The fourth-order valence-corrected chi connectivity index (χ4v) is 2.92. The highest BCUT2D eigenvalue weighted by Crippen LogP contribution is 2.35. The molecule has 0 amide bonds. The average molecular weight is 373 g/mol. The predicted molar refractivity (Wildman–Crippen MR) is 94.5 cm³/mol. The van der Waals surface area contributed by atoms with Gasteiger partial charge in [-0.15, -0.1) is 0 Å². The van der Waals surface area contributed by atoms with E-state index >= 15 is 0 Å². The van der Waals surface area contributed by atoms with Crippen molar-refractivity contribution < 1.29 is 24.2 Å². The van der Waals surface area contributed by atoms with Crippen molar-refractivity contribution in [3.63, 3.8) is 0 Å². The molecule has 2 aromatic heterocycles. The molecule has 2 rings (SSSR count). The normalized spacial score (nSPS) is 13.3. The fourth-order valence-electron chi connectivity index (χ4n) is 2.56. The van der Waals surface area contributed by atoms with Gasteiger partial charge in [-0.25, -0.2) is 9.97 Å². The van der Waals surface area contributed by atoms with E-state index in [1.54, 1.807) is 0 Å². The van der Waals surface area contributed by atoms with Gasteiger partial charge in [-0.05, 0) is 19.4 Å². The van der Waals surface area contributed by atoms with E-state index in [2.05, 4.69) is 9.97 Å². The van der Waals surface area contributed by atoms with Crippen LogP contribution in [0.5, 0.6) is 0 Å². The lowest BCUT2D eigenvalue weighted by Crippen LogP contribution is -2.24. The minimum absolute atomic E-state index is 0.0891. The first-order valence-corrected chi connectivity index (χ1v) is 9.64. The highest BCUT2D eigenvalue weighted by molar-refractivity contribution is 7.51. The van der Waals surface area contributed by atoms with Gasteiger partial charge in [0.1, 0.15) is 30.0 Å². The number of fused-ring (bicyclic) bond motifs is 1. The Morgan fingerprint density at radius 2 is 2.16 bits per heavy atom. The van der Waals surface area contributed by atoms with Crippen LogP contribution in [0, 0.1) is 0 Å². The van der Waals surface area contributed by atoms with Gasteiger partial charge >= 0.3 is 7.60 Å². The molecule has 2 heterocycles. The SMILES string of the molecule is CCN(C)c1cc2c(N)ncnc2n1C(CO)CCOCP(=O)(O)O. The molecular formula is C14H24N5O5P. The molecule has 0 fully saturated rings. The zero-order valence-corrected chi connectivity index (χ0v) is 15.1. The van der Waals surface area contributed by atoms with Crippen LogP contribution in [0.4, 0.5) is 11.6 Å². The van der Waals surface area contributed by atoms with Crippen molar-refractivity contribution in [2.75, 3.05) is 43.8 Å². The van der Waals surface area contributed by atoms with E-state index < -0.39 is 13.9 Å². The van der Waals surface area contributed by atoms with Crippen LogP contribution in [-0.4, -0.2) is 62.6 Å². The number of ether oxygens (including phenoxy) is 1. The van der Waals surface area contributed by atoms with Gasteiger partial charge in [-0.1, -0.05) is 0 Å². The van der Waals surface area contributed by atoms with Crippen LogP contribution in [0.15, 0.2) is 12.4 Å². The van der Waals surface area contributed by atoms with Crippen molar-refractivity contribution in [1.82, 2.24) is 14.5 Å². The van der Waals surface area contributed by atoms with Crippen LogP contribution >= 0.6 is 7.60 Å². The Hall–Kier alpha value is -1.71. The Kier molecular flexibility index (Phi) is 6.36. The summed E-state index contributed by atoms with van der Waals surface area (Å²) < 4.78 is 17.7. The third-order valence-corrected chi connectivity index (χ3v) is 4.46. The highest BCUT2D eigenvalue weighted by Gasteiger charge is 2.22. The molecule has 0 aliphatic rings. The lowest BCUT2D eigenvalue weighted by Gasteiger charge is -2.25. The van der Waals surface area contributed by atoms with Crippen LogP contribution in [-0.2, 0) is 9.30 Å². The zero-order valence-electron chi connectivity index (χ0n) is 14.2. The summed E-state index contributed by atoms with van der Waals surface area (Å²) in [7, 11) is -2.30. The molecule has 10 nitrogen and oxygen atoms in total. The molecule has 0 spiro atoms. The summed E-state index contributed by atoms with van der Waals surface area (Å²) in [4.78, 5) is 27.9. The Bertz CT molecular complexity index is 761. The minimum atomic E-state index is -4.21. The minimum Gasteiger partial charge on any atom is -0.394 e. The van der Waals surface area contributed by atoms with Gasteiger partial charge in [0, 0.05) is 20.2 Å². The number of aliphatic hydroxyl groups is 1. The molecule has 0 saturated heterocycles. The molecule has 0 aromatic carbocycles. The van der Waals surface area contributed by atoms with E-state index in [-0.39, 0.29) is 19.3 Å². The molecule has 25 heavy (non-hydrogen) atoms. The van der Waals surface area contributed by atoms with Crippen molar-refractivity contribution >= 4 is 30.3 Å². The number of aromatic nitrogens is 3. The smallest absolute Gasteiger partial charge is 0.350 e. The van der Waals surface area contributed by atoms with Crippen molar-refractivity contribution in [2.45, 2.75) is 19.4 Å². The van der Waals surface area contributed by atoms with Crippen molar-refractivity contribution in [3.8, 4) is 0 Å². The largest absolute Gasteiger partial charge is 0.394 e. The molecule has 0 bridgehead atoms. The predicted octanol–water partition coefficient (Wildman–Crippen LogP) is 0.545. The van der Waals surface area contributed by atoms with Crippen molar-refractivity contribution in [1.29, 1.82) is 0 Å². The maximum absolute atomic E-state index is 10.8. The van der Waals surface area contributed by atoms with Crippen LogP contribution in [0.2, 0.25) is 0 Å². The number of nitrogens with zero attached hydrogens (tertiary/aromatic N) is 4. The summed E-state index contributed by atoms with van der Waals surface area (Å²) in [5.74, 6) is 1.17. The molecule has 1 atom stereocenters. The molecule has 0 saturated carbocycles. The van der Waals surface area contributed by atoms with Crippen LogP contribution in [0.1, 0.15) is 19.4 Å². The monoisotopic (exact) mass is 373 g/mol. The fraction of sp³-hybridized carbons (Fsp3) is 0.571. The van der Waals surface area contributed by atoms with Gasteiger partial charge in [0.2, 0.25) is 0 Å². The number of rotatable bonds is 9. The summed E-state index contributed by atoms with van der Waals surface area (Å²) in [5.41, 5.74) is 6.53. The van der Waals surface area contributed by atoms with E-state index in [0.717, 1.165) is 12.4 Å². The number of anilines is 2. The number of nitrogen functional groups attached to an aromatic ring is 1. The van der Waals surface area contributed by atoms with E-state index in [4.69, 9.17) is 20.3 Å². The van der Waals surface area contributed by atoms with Gasteiger partial charge in [-0.3, -0.25) is 4.57 Å². The summed E-state index contributed by atoms with van der Waals surface area (Å²) in [6.07, 6.45) is 1.08. The van der Waals surface area contributed by atoms with E-state index in [1.165, 1.54) is 6.33 Å². The number of nitrogens with two attached hydrogens (primary N) is 1. The molecule has 2 aromatic rings. The third-order valence-electron chi connectivity index (χ3n) is 3.94. The first-order chi connectivity index (χ1) is 11.8. The maximum atomic E-state index is 10.8. The second-order valence-electron chi connectivity index (χ2n) is 5.71. The van der Waals surface area contributed by atoms with Crippen LogP contribution < -0.4 is 10.6 Å². The van der Waals surface area contributed by atoms with Gasteiger partial charge in [0.15, 0.2) is 0 Å². The summed E-state index contributed by atoms with van der Waals surface area (Å²) >= 11 is 0. The lowest BCUT2D eigenvalue weighted by molar-refractivity contribution is 0.127. The molecule has 0 radical (unpaired) electrons. The highest BCUT2D eigenvalue weighted by atomic mass is 31.2. The summed E-state index contributed by atoms with van der Waals surface area (Å²) in [6, 6.07) is 1.49. The van der Waals surface area contributed by atoms with Crippen molar-refractivity contribution in [2.24, 2.45) is 0 Å². The lowest BCUT2D eigenvalue weighted by atomic mass is 10.2. The maximum Gasteiger partial charge on any atom is 0.350 e. The second-order valence-corrected chi connectivity index (χ2v) is 7.30. The van der Waals surface area contributed by atoms with Crippen LogP contribution in [0.3, 0.4) is 0 Å². The molecule has 1 unspecified atom stereocenters. The molecule has 5 N–H and O–H groups in total. The number of aliphatic hydroxyl groups excluding tert-OH is 1. The first kappa shape index (κ1) is 19.6. The van der Waals surface area contributed by atoms with Crippen molar-refractivity contribution in [3.05, 3.63) is 12.4 Å². The zero-order chi connectivity index (χ0) is 18.6. The number of hydrogen-bond donors (Lipinski definition) is 4. The topological polar surface area (TPSA) is 147 Å². The first-order valence-electron chi connectivity index (χ1n) is 7.84. The Morgan fingerprint density at radius 1 is 1.44 bits per heavy atom. The summed E-state index contributed by atoms with van der Waals surface area (Å²) in [5, 5.41) is 10.5. The number of hydrogen-bond acceptors (Lipinski definition) is 7. The van der Waals surface area contributed by atoms with Gasteiger partial charge in [-0.2, -0.15) is 0 Å². The second kappa shape index (κ2) is 8.11. The Morgan fingerprint density at radius 3 is 2.76 bits per heavy atom. The summed E-state index contributed by atoms with van der Waals surface area (Å²) in [6.45, 7) is 2.63. The molecular weight excluding hydrogens is 349 g/mol. The van der Waals surface area contributed by atoms with E-state index in [9.17, 15) is 9.67 Å². The average Bonchev–Trinajstić information content (AvgIpc) is 2.94. The van der Waals surface area contributed by atoms with Gasteiger partial charge < -0.3 is 34.8 Å².